The Morgan fingerprint density at radius 2 is 1.92 bits per heavy atom. The highest BCUT2D eigenvalue weighted by atomic mass is 35.5. The Kier molecular flexibility index (Phi) is 7.89. The van der Waals surface area contributed by atoms with Crippen LogP contribution in [0, 0.1) is 5.41 Å². The number of rotatable bonds is 8. The molecule has 3 N–H and O–H groups in total. The summed E-state index contributed by atoms with van der Waals surface area (Å²) in [5.41, 5.74) is -0.151. The lowest BCUT2D eigenvalue weighted by atomic mass is 9.96. The lowest BCUT2D eigenvalue weighted by Gasteiger charge is -2.18. The van der Waals surface area contributed by atoms with E-state index >= 15 is 0 Å². The van der Waals surface area contributed by atoms with Crippen LogP contribution in [-0.2, 0) is 14.4 Å². The Morgan fingerprint density at radius 1 is 1.27 bits per heavy atom. The highest BCUT2D eigenvalue weighted by molar-refractivity contribution is 6.32. The lowest BCUT2D eigenvalue weighted by Crippen LogP contribution is -2.36. The fourth-order valence-electron chi connectivity index (χ4n) is 2.10. The number of carbonyl (C=O) groups excluding carboxylic acids is 2. The summed E-state index contributed by atoms with van der Waals surface area (Å²) in [6, 6.07) is 3.31. The van der Waals surface area contributed by atoms with Crippen LogP contribution in [0.5, 0.6) is 5.75 Å². The number of methoxy groups -OCH3 is 1. The van der Waals surface area contributed by atoms with Crippen molar-refractivity contribution in [1.82, 2.24) is 10.6 Å². The SMILES string of the molecule is COc1ccc(C(NC(=O)CCCNC(=O)C(C)(C)C)C(=O)O)cc1Cl. The third-order valence-corrected chi connectivity index (χ3v) is 3.90. The first-order valence-electron chi connectivity index (χ1n) is 8.20. The second kappa shape index (κ2) is 9.43. The van der Waals surface area contributed by atoms with E-state index in [2.05, 4.69) is 10.6 Å². The topological polar surface area (TPSA) is 105 Å². The number of hydrogen-bond donors (Lipinski definition) is 3. The molecule has 1 aromatic carbocycles. The van der Waals surface area contributed by atoms with Gasteiger partial charge in [0.2, 0.25) is 11.8 Å². The van der Waals surface area contributed by atoms with Crippen LogP contribution in [0.1, 0.15) is 45.2 Å². The number of nitrogens with one attached hydrogen (secondary N) is 2. The van der Waals surface area contributed by atoms with Crippen LogP contribution < -0.4 is 15.4 Å². The van der Waals surface area contributed by atoms with Crippen molar-refractivity contribution >= 4 is 29.4 Å². The van der Waals surface area contributed by atoms with Crippen molar-refractivity contribution in [2.45, 2.75) is 39.7 Å². The van der Waals surface area contributed by atoms with Crippen LogP contribution >= 0.6 is 11.6 Å². The number of carboxylic acids is 1. The van der Waals surface area contributed by atoms with E-state index in [0.29, 0.717) is 24.3 Å². The van der Waals surface area contributed by atoms with Crippen molar-refractivity contribution in [3.05, 3.63) is 28.8 Å². The maximum Gasteiger partial charge on any atom is 0.330 e. The highest BCUT2D eigenvalue weighted by Gasteiger charge is 2.23. The minimum absolute atomic E-state index is 0.0953. The summed E-state index contributed by atoms with van der Waals surface area (Å²) in [6.07, 6.45) is 0.501. The van der Waals surface area contributed by atoms with Gasteiger partial charge < -0.3 is 20.5 Å². The summed E-state index contributed by atoms with van der Waals surface area (Å²) in [7, 11) is 1.45. The zero-order chi connectivity index (χ0) is 19.9. The molecule has 1 atom stereocenters. The summed E-state index contributed by atoms with van der Waals surface area (Å²) in [5.74, 6) is -1.30. The first kappa shape index (κ1) is 21.8. The van der Waals surface area contributed by atoms with Gasteiger partial charge in [0, 0.05) is 18.4 Å². The van der Waals surface area contributed by atoms with Gasteiger partial charge in [0.05, 0.1) is 12.1 Å². The van der Waals surface area contributed by atoms with Crippen LogP contribution in [0.3, 0.4) is 0 Å². The number of amides is 2. The van der Waals surface area contributed by atoms with Crippen molar-refractivity contribution in [2.24, 2.45) is 5.41 Å². The molecule has 26 heavy (non-hydrogen) atoms. The average molecular weight is 385 g/mol. The monoisotopic (exact) mass is 384 g/mol. The molecular formula is C18H25ClN2O5. The zero-order valence-electron chi connectivity index (χ0n) is 15.4. The maximum atomic E-state index is 12.0. The number of halogens is 1. The molecule has 1 aromatic rings. The lowest BCUT2D eigenvalue weighted by molar-refractivity contribution is -0.142. The van der Waals surface area contributed by atoms with Crippen LogP contribution in [0.2, 0.25) is 5.02 Å². The van der Waals surface area contributed by atoms with Gasteiger partial charge >= 0.3 is 5.97 Å². The van der Waals surface area contributed by atoms with E-state index in [1.54, 1.807) is 26.8 Å². The number of carboxylic acid groups (broad SMARTS) is 1. The Hall–Kier alpha value is -2.28. The fourth-order valence-corrected chi connectivity index (χ4v) is 2.37. The number of ether oxygens (including phenoxy) is 1. The molecule has 1 rings (SSSR count). The molecule has 0 saturated heterocycles. The Balaban J connectivity index is 2.60. The molecule has 0 heterocycles. The molecule has 0 bridgehead atoms. The summed E-state index contributed by atoms with van der Waals surface area (Å²) < 4.78 is 5.03. The van der Waals surface area contributed by atoms with Gasteiger partial charge in [-0.2, -0.15) is 0 Å². The predicted octanol–water partition coefficient (Wildman–Crippen LogP) is 2.53. The fraction of sp³-hybridized carbons (Fsp3) is 0.500. The normalized spacial score (nSPS) is 12.2. The summed E-state index contributed by atoms with van der Waals surface area (Å²) in [5, 5.41) is 14.8. The molecule has 0 saturated carbocycles. The molecule has 7 nitrogen and oxygen atoms in total. The third-order valence-electron chi connectivity index (χ3n) is 3.61. The Labute approximate surface area is 158 Å². The van der Waals surface area contributed by atoms with E-state index in [-0.39, 0.29) is 17.4 Å². The first-order valence-corrected chi connectivity index (χ1v) is 8.58. The van der Waals surface area contributed by atoms with E-state index in [4.69, 9.17) is 16.3 Å². The van der Waals surface area contributed by atoms with Gasteiger partial charge in [-0.25, -0.2) is 4.79 Å². The van der Waals surface area contributed by atoms with Gasteiger partial charge in [-0.05, 0) is 24.1 Å². The number of hydrogen-bond acceptors (Lipinski definition) is 4. The van der Waals surface area contributed by atoms with E-state index in [9.17, 15) is 19.5 Å². The minimum Gasteiger partial charge on any atom is -0.495 e. The van der Waals surface area contributed by atoms with Crippen molar-refractivity contribution in [3.63, 3.8) is 0 Å². The number of carbonyl (C=O) groups is 3. The van der Waals surface area contributed by atoms with Gasteiger partial charge in [-0.15, -0.1) is 0 Å². The van der Waals surface area contributed by atoms with Crippen molar-refractivity contribution < 1.29 is 24.2 Å². The quantitative estimate of drug-likeness (QED) is 0.597. The van der Waals surface area contributed by atoms with Crippen LogP contribution in [-0.4, -0.2) is 36.5 Å². The van der Waals surface area contributed by atoms with Crippen LogP contribution in [0.4, 0.5) is 0 Å². The summed E-state index contributed by atoms with van der Waals surface area (Å²) >= 11 is 6.01. The summed E-state index contributed by atoms with van der Waals surface area (Å²) in [6.45, 7) is 5.74. The maximum absolute atomic E-state index is 12.0. The van der Waals surface area contributed by atoms with Gasteiger partial charge in [0.25, 0.3) is 0 Å². The van der Waals surface area contributed by atoms with E-state index < -0.39 is 23.3 Å². The van der Waals surface area contributed by atoms with Crippen molar-refractivity contribution in [1.29, 1.82) is 0 Å². The zero-order valence-corrected chi connectivity index (χ0v) is 16.1. The average Bonchev–Trinajstić information content (AvgIpc) is 2.55. The standard InChI is InChI=1S/C18H25ClN2O5/c1-18(2,3)17(25)20-9-5-6-14(22)21-15(16(23)24)11-7-8-13(26-4)12(19)10-11/h7-8,10,15H,5-6,9H2,1-4H3,(H,20,25)(H,21,22)(H,23,24). The van der Waals surface area contributed by atoms with Crippen molar-refractivity contribution in [2.75, 3.05) is 13.7 Å². The van der Waals surface area contributed by atoms with Crippen LogP contribution in [0.15, 0.2) is 18.2 Å². The molecule has 0 spiro atoms. The van der Waals surface area contributed by atoms with E-state index in [0.717, 1.165) is 0 Å². The van der Waals surface area contributed by atoms with Gasteiger partial charge in [-0.1, -0.05) is 38.4 Å². The van der Waals surface area contributed by atoms with Crippen molar-refractivity contribution in [3.8, 4) is 5.75 Å². The summed E-state index contributed by atoms with van der Waals surface area (Å²) in [4.78, 5) is 35.3. The number of aliphatic carboxylic acids is 1. The molecule has 8 heteroatoms. The first-order chi connectivity index (χ1) is 12.1. The second-order valence-corrected chi connectivity index (χ2v) is 7.25. The third kappa shape index (κ3) is 6.55. The van der Waals surface area contributed by atoms with E-state index in [1.807, 2.05) is 0 Å². The molecule has 0 fully saturated rings. The Bertz CT molecular complexity index is 670. The minimum atomic E-state index is -1.21. The molecule has 0 aliphatic carbocycles. The molecule has 0 radical (unpaired) electrons. The molecule has 0 aliphatic rings. The smallest absolute Gasteiger partial charge is 0.330 e. The van der Waals surface area contributed by atoms with E-state index in [1.165, 1.54) is 19.2 Å². The molecule has 1 unspecified atom stereocenters. The predicted molar refractivity (Wildman–Crippen MR) is 98.2 cm³/mol. The number of benzene rings is 1. The molecular weight excluding hydrogens is 360 g/mol. The second-order valence-electron chi connectivity index (χ2n) is 6.84. The largest absolute Gasteiger partial charge is 0.495 e. The van der Waals surface area contributed by atoms with Crippen LogP contribution in [0.25, 0.3) is 0 Å². The Morgan fingerprint density at radius 3 is 2.42 bits per heavy atom. The molecule has 0 aliphatic heterocycles. The molecule has 0 aromatic heterocycles. The van der Waals surface area contributed by atoms with Gasteiger partial charge in [0.1, 0.15) is 5.75 Å². The molecule has 2 amide bonds. The van der Waals surface area contributed by atoms with Gasteiger partial charge in [0.15, 0.2) is 6.04 Å². The molecule has 144 valence electrons. The van der Waals surface area contributed by atoms with Gasteiger partial charge in [-0.3, -0.25) is 9.59 Å². The highest BCUT2D eigenvalue weighted by Crippen LogP contribution is 2.27.